The molecule has 2 heterocycles. The summed E-state index contributed by atoms with van der Waals surface area (Å²) in [6.07, 6.45) is 5.28. The Labute approximate surface area is 193 Å². The number of likely N-dealkylation sites (tertiary alicyclic amines) is 1. The minimum absolute atomic E-state index is 0.196. The van der Waals surface area contributed by atoms with Crippen LogP contribution in [0.25, 0.3) is 16.5 Å². The highest BCUT2D eigenvalue weighted by molar-refractivity contribution is 6.11. The van der Waals surface area contributed by atoms with E-state index in [2.05, 4.69) is 38.2 Å². The summed E-state index contributed by atoms with van der Waals surface area (Å²) in [7, 11) is 0. The topological polar surface area (TPSA) is 93.6 Å². The monoisotopic (exact) mass is 443 g/mol. The number of anilines is 1. The number of rotatable bonds is 7. The highest BCUT2D eigenvalue weighted by Crippen LogP contribution is 2.24. The molecule has 3 N–H and O–H groups in total. The van der Waals surface area contributed by atoms with Crippen LogP contribution in [-0.4, -0.2) is 58.6 Å². The van der Waals surface area contributed by atoms with Crippen LogP contribution in [0.5, 0.6) is 0 Å². The summed E-state index contributed by atoms with van der Waals surface area (Å²) >= 11 is 0. The number of aliphatic hydroxyl groups excluding tert-OH is 1. The number of hydrogen-bond acceptors (Lipinski definition) is 5. The first kappa shape index (κ1) is 22.6. The van der Waals surface area contributed by atoms with Gasteiger partial charge in [0.15, 0.2) is 5.69 Å². The van der Waals surface area contributed by atoms with Crippen molar-refractivity contribution in [2.75, 3.05) is 25.0 Å². The molecule has 2 aromatic carbocycles. The number of fused-ring (bicyclic) bond motifs is 1. The second-order valence-corrected chi connectivity index (χ2v) is 8.37. The van der Waals surface area contributed by atoms with Crippen LogP contribution in [0.4, 0.5) is 5.69 Å². The zero-order valence-corrected chi connectivity index (χ0v) is 18.8. The van der Waals surface area contributed by atoms with Gasteiger partial charge < -0.3 is 10.4 Å². The maximum Gasteiger partial charge on any atom is 0.276 e. The average molecular weight is 444 g/mol. The number of para-hydroxylation sites is 1. The van der Waals surface area contributed by atoms with Gasteiger partial charge in [-0.05, 0) is 67.5 Å². The Morgan fingerprint density at radius 3 is 2.76 bits per heavy atom. The highest BCUT2D eigenvalue weighted by atomic mass is 16.3. The van der Waals surface area contributed by atoms with E-state index in [0.717, 1.165) is 65.8 Å². The molecule has 33 heavy (non-hydrogen) atoms. The summed E-state index contributed by atoms with van der Waals surface area (Å²) in [6.45, 7) is 8.14. The van der Waals surface area contributed by atoms with E-state index in [4.69, 9.17) is 0 Å². The number of nitrogens with zero attached hydrogens (tertiary/aromatic N) is 3. The summed E-state index contributed by atoms with van der Waals surface area (Å²) < 4.78 is 0. The van der Waals surface area contributed by atoms with Crippen LogP contribution in [0.3, 0.4) is 0 Å². The molecule has 1 saturated heterocycles. The highest BCUT2D eigenvalue weighted by Gasteiger charge is 2.18. The molecule has 3 aromatic rings. The molecule has 170 valence electrons. The Kier molecular flexibility index (Phi) is 7.12. The van der Waals surface area contributed by atoms with Crippen molar-refractivity contribution in [3.8, 4) is 0 Å². The van der Waals surface area contributed by atoms with Gasteiger partial charge in [-0.3, -0.25) is 19.8 Å². The van der Waals surface area contributed by atoms with Gasteiger partial charge >= 0.3 is 0 Å². The molecule has 0 atom stereocenters. The quantitative estimate of drug-likeness (QED) is 0.376. The second kappa shape index (κ2) is 10.4. The van der Waals surface area contributed by atoms with Gasteiger partial charge in [0.05, 0.1) is 11.6 Å². The fourth-order valence-electron chi connectivity index (χ4n) is 4.08. The summed E-state index contributed by atoms with van der Waals surface area (Å²) in [6, 6.07) is 15.3. The number of benzene rings is 2. The van der Waals surface area contributed by atoms with Gasteiger partial charge in [0, 0.05) is 36.9 Å². The second-order valence-electron chi connectivity index (χ2n) is 8.37. The molecule has 7 heteroatoms. The van der Waals surface area contributed by atoms with E-state index in [0.29, 0.717) is 5.69 Å². The minimum Gasteiger partial charge on any atom is -0.393 e. The van der Waals surface area contributed by atoms with Crippen molar-refractivity contribution in [3.05, 3.63) is 77.6 Å². The van der Waals surface area contributed by atoms with Gasteiger partial charge in [-0.2, -0.15) is 5.10 Å². The molecule has 0 unspecified atom stereocenters. The van der Waals surface area contributed by atoms with Gasteiger partial charge in [-0.1, -0.05) is 30.3 Å². The van der Waals surface area contributed by atoms with Crippen LogP contribution in [0.1, 0.15) is 35.8 Å². The number of piperidine rings is 1. The fraction of sp³-hybridized carbons (Fsp3) is 0.269. The smallest absolute Gasteiger partial charge is 0.276 e. The number of carbonyl (C=O) groups is 1. The SMILES string of the molecule is C=N/C=C(\C=C(/C)c1ccc2[nH]nc(C(=O)Nc3ccccc3)c2c1)CN1CCC(O)CC1. The number of aliphatic hydroxyl groups is 1. The van der Waals surface area contributed by atoms with Gasteiger partial charge in [0.2, 0.25) is 0 Å². The van der Waals surface area contributed by atoms with Crippen molar-refractivity contribution in [1.82, 2.24) is 15.1 Å². The largest absolute Gasteiger partial charge is 0.393 e. The number of aliphatic imine (C=N–C) groups is 1. The lowest BCUT2D eigenvalue weighted by Crippen LogP contribution is -2.36. The molecule has 4 rings (SSSR count). The van der Waals surface area contributed by atoms with Crippen molar-refractivity contribution >= 4 is 34.8 Å². The van der Waals surface area contributed by atoms with Crippen LogP contribution in [0, 0.1) is 0 Å². The zero-order chi connectivity index (χ0) is 23.2. The van der Waals surface area contributed by atoms with E-state index in [1.165, 1.54) is 0 Å². The van der Waals surface area contributed by atoms with Crippen LogP contribution in [0.15, 0.2) is 71.4 Å². The molecule has 7 nitrogen and oxygen atoms in total. The Morgan fingerprint density at radius 1 is 1.27 bits per heavy atom. The molecule has 1 aromatic heterocycles. The summed E-state index contributed by atoms with van der Waals surface area (Å²) in [4.78, 5) is 19.1. The average Bonchev–Trinajstić information content (AvgIpc) is 3.25. The van der Waals surface area contributed by atoms with E-state index in [1.54, 1.807) is 6.20 Å². The molecule has 1 fully saturated rings. The van der Waals surface area contributed by atoms with Gasteiger partial charge in [0.25, 0.3) is 5.91 Å². The van der Waals surface area contributed by atoms with Crippen LogP contribution < -0.4 is 5.32 Å². The lowest BCUT2D eigenvalue weighted by molar-refractivity contribution is 0.0872. The number of carbonyl (C=O) groups excluding carboxylic acids is 1. The number of aromatic amines is 1. The molecular weight excluding hydrogens is 414 g/mol. The van der Waals surface area contributed by atoms with Crippen molar-refractivity contribution in [2.24, 2.45) is 4.99 Å². The van der Waals surface area contributed by atoms with E-state index in [1.807, 2.05) is 55.5 Å². The predicted molar refractivity (Wildman–Crippen MR) is 133 cm³/mol. The van der Waals surface area contributed by atoms with Gasteiger partial charge in [-0.15, -0.1) is 0 Å². The van der Waals surface area contributed by atoms with Gasteiger partial charge in [-0.25, -0.2) is 0 Å². The Bertz CT molecular complexity index is 1190. The molecule has 1 amide bonds. The van der Waals surface area contributed by atoms with Crippen LogP contribution >= 0.6 is 0 Å². The van der Waals surface area contributed by atoms with E-state index < -0.39 is 0 Å². The number of aromatic nitrogens is 2. The summed E-state index contributed by atoms with van der Waals surface area (Å²) in [5.41, 5.74) is 5.00. The number of amides is 1. The summed E-state index contributed by atoms with van der Waals surface area (Å²) in [5.74, 6) is -0.255. The third-order valence-corrected chi connectivity index (χ3v) is 5.89. The first-order chi connectivity index (χ1) is 16.0. The number of H-pyrrole nitrogens is 1. The van der Waals surface area contributed by atoms with Crippen molar-refractivity contribution in [2.45, 2.75) is 25.9 Å². The molecule has 1 aliphatic rings. The van der Waals surface area contributed by atoms with E-state index in [-0.39, 0.29) is 12.0 Å². The van der Waals surface area contributed by atoms with E-state index in [9.17, 15) is 9.90 Å². The number of hydrogen-bond donors (Lipinski definition) is 3. The van der Waals surface area contributed by atoms with Gasteiger partial charge in [0.1, 0.15) is 0 Å². The zero-order valence-electron chi connectivity index (χ0n) is 18.8. The maximum absolute atomic E-state index is 12.8. The third-order valence-electron chi connectivity index (χ3n) is 5.89. The lowest BCUT2D eigenvalue weighted by Gasteiger charge is -2.29. The first-order valence-electron chi connectivity index (χ1n) is 11.1. The van der Waals surface area contributed by atoms with Crippen LogP contribution in [0.2, 0.25) is 0 Å². The standard InChI is InChI=1S/C26H29N5O2/c1-18(14-19(16-27-2)17-31-12-10-22(32)11-13-31)20-8-9-24-23(15-20)25(30-29-24)26(33)28-21-6-4-3-5-7-21/h3-9,14-16,22,32H,2,10-13,17H2,1H3,(H,28,33)(H,29,30)/b18-14+,19-16+. The molecule has 0 saturated carbocycles. The Balaban J connectivity index is 1.55. The van der Waals surface area contributed by atoms with Crippen molar-refractivity contribution < 1.29 is 9.90 Å². The molecule has 0 aliphatic carbocycles. The maximum atomic E-state index is 12.8. The Morgan fingerprint density at radius 2 is 2.03 bits per heavy atom. The fourth-order valence-corrected chi connectivity index (χ4v) is 4.08. The van der Waals surface area contributed by atoms with E-state index >= 15 is 0 Å². The first-order valence-corrected chi connectivity index (χ1v) is 11.1. The number of nitrogens with one attached hydrogen (secondary N) is 2. The Hall–Kier alpha value is -3.55. The van der Waals surface area contributed by atoms with Crippen molar-refractivity contribution in [3.63, 3.8) is 0 Å². The number of allylic oxidation sites excluding steroid dienone is 1. The summed E-state index contributed by atoms with van der Waals surface area (Å²) in [5, 5.41) is 20.6. The van der Waals surface area contributed by atoms with Crippen molar-refractivity contribution in [1.29, 1.82) is 0 Å². The molecular formula is C26H29N5O2. The molecule has 0 bridgehead atoms. The minimum atomic E-state index is -0.255. The van der Waals surface area contributed by atoms with Crippen LogP contribution in [-0.2, 0) is 0 Å². The molecule has 1 aliphatic heterocycles. The third kappa shape index (κ3) is 5.63. The molecule has 0 spiro atoms. The predicted octanol–water partition coefficient (Wildman–Crippen LogP) is 4.26. The lowest BCUT2D eigenvalue weighted by atomic mass is 10.0. The molecule has 0 radical (unpaired) electrons. The normalized spacial score (nSPS) is 16.2.